The Bertz CT molecular complexity index is 3340. The first-order valence-electron chi connectivity index (χ1n) is 20.9. The molecular weight excluding hydrogens is 629 g/mol. The highest BCUT2D eigenvalue weighted by Gasteiger charge is 2.21. The average Bonchev–Trinajstić information content (AvgIpc) is 3.87. The van der Waals surface area contributed by atoms with E-state index in [4.69, 9.17) is 24.5 Å². The van der Waals surface area contributed by atoms with Crippen LogP contribution in [0.1, 0.15) is 13.7 Å². The summed E-state index contributed by atoms with van der Waals surface area (Å²) in [5, 5.41) is 0.241. The molecule has 0 saturated heterocycles. The second-order valence-corrected chi connectivity index (χ2v) is 12.7. The molecule has 0 fully saturated rings. The lowest BCUT2D eigenvalue weighted by Crippen LogP contribution is -2.06. The van der Waals surface area contributed by atoms with Gasteiger partial charge in [-0.2, -0.15) is 9.97 Å². The van der Waals surface area contributed by atoms with E-state index in [1.165, 1.54) is 4.57 Å². The third-order valence-corrected chi connectivity index (χ3v) is 9.77. The number of hydrogen-bond donors (Lipinski definition) is 0. The fourth-order valence-corrected chi connectivity index (χ4v) is 7.43. The van der Waals surface area contributed by atoms with Gasteiger partial charge in [-0.1, -0.05) is 139 Å². The highest BCUT2D eigenvalue weighted by Crippen LogP contribution is 2.43. The SMILES string of the molecule is [2H]c1c([2H])c([2H])c2c(sc3c([2H])c([2H])c4c5c([2H])c([2H])c([2H])c([2H])c5n(-c5nc(-c6cccc(-c7ccccc7)c6)nc(-c6cccc(-c7ccccc7)c6)n5)c4c32)c1[2H]. The molecule has 0 aliphatic carbocycles. The number of fused-ring (bicyclic) bond motifs is 7. The third-order valence-electron chi connectivity index (χ3n) is 8.75. The summed E-state index contributed by atoms with van der Waals surface area (Å²) in [7, 11) is 0. The van der Waals surface area contributed by atoms with Crippen LogP contribution < -0.4 is 0 Å². The van der Waals surface area contributed by atoms with Crippen molar-refractivity contribution in [3.8, 4) is 51.0 Å². The molecule has 0 aliphatic rings. The van der Waals surface area contributed by atoms with E-state index in [1.807, 2.05) is 109 Å². The summed E-state index contributed by atoms with van der Waals surface area (Å²) in [4.78, 5) is 15.1. The molecule has 0 spiro atoms. The zero-order valence-electron chi connectivity index (χ0n) is 36.1. The van der Waals surface area contributed by atoms with Crippen LogP contribution in [0.15, 0.2) is 170 Å². The van der Waals surface area contributed by atoms with Crippen molar-refractivity contribution < 1.29 is 13.7 Å². The van der Waals surface area contributed by atoms with Crippen molar-refractivity contribution >= 4 is 53.3 Å². The molecule has 0 radical (unpaired) electrons. The van der Waals surface area contributed by atoms with Gasteiger partial charge in [-0.05, 0) is 52.5 Å². The minimum absolute atomic E-state index is 0.00210. The highest BCUT2D eigenvalue weighted by molar-refractivity contribution is 7.26. The Balaban J connectivity index is 1.39. The lowest BCUT2D eigenvalue weighted by Gasteiger charge is -2.13. The van der Waals surface area contributed by atoms with Crippen LogP contribution in [0.4, 0.5) is 0 Å². The van der Waals surface area contributed by atoms with Gasteiger partial charge in [0, 0.05) is 42.1 Å². The predicted octanol–water partition coefficient (Wildman–Crippen LogP) is 12.0. The molecule has 50 heavy (non-hydrogen) atoms. The summed E-state index contributed by atoms with van der Waals surface area (Å²) in [6, 6.07) is 30.8. The number of thiophene rings is 1. The Hall–Kier alpha value is -6.43. The maximum Gasteiger partial charge on any atom is 0.238 e. The second-order valence-electron chi connectivity index (χ2n) is 11.7. The molecule has 10 rings (SSSR count). The molecule has 4 nitrogen and oxygen atoms in total. The van der Waals surface area contributed by atoms with Crippen LogP contribution in [-0.2, 0) is 0 Å². The zero-order chi connectivity index (χ0) is 41.7. The van der Waals surface area contributed by atoms with Crippen LogP contribution in [0.3, 0.4) is 0 Å². The van der Waals surface area contributed by atoms with Gasteiger partial charge in [0.2, 0.25) is 5.95 Å². The molecular formula is C45H28N4S. The Kier molecular flexibility index (Phi) is 4.69. The van der Waals surface area contributed by atoms with E-state index in [9.17, 15) is 4.11 Å². The molecule has 0 aliphatic heterocycles. The maximum atomic E-state index is 9.38. The molecule has 10 aromatic rings. The van der Waals surface area contributed by atoms with Gasteiger partial charge in [0.15, 0.2) is 11.6 Å². The Morgan fingerprint density at radius 3 is 1.68 bits per heavy atom. The molecule has 234 valence electrons. The normalized spacial score (nSPS) is 14.4. The Labute approximate surface area is 306 Å². The minimum atomic E-state index is -0.540. The molecule has 0 N–H and O–H groups in total. The number of para-hydroxylation sites is 1. The summed E-state index contributed by atoms with van der Waals surface area (Å²) >= 11 is 0.956. The third kappa shape index (κ3) is 4.71. The number of benzene rings is 7. The fraction of sp³-hybridized carbons (Fsp3) is 0. The maximum absolute atomic E-state index is 9.38. The molecule has 0 amide bonds. The van der Waals surface area contributed by atoms with Gasteiger partial charge in [-0.25, -0.2) is 4.98 Å². The van der Waals surface area contributed by atoms with Gasteiger partial charge >= 0.3 is 0 Å². The summed E-state index contributed by atoms with van der Waals surface area (Å²) in [6.07, 6.45) is 0. The van der Waals surface area contributed by atoms with E-state index in [2.05, 4.69) is 0 Å². The van der Waals surface area contributed by atoms with Crippen LogP contribution in [-0.4, -0.2) is 19.5 Å². The largest absolute Gasteiger partial charge is 0.277 e. The summed E-state index contributed by atoms with van der Waals surface area (Å²) < 4.78 is 91.3. The van der Waals surface area contributed by atoms with Crippen molar-refractivity contribution in [2.45, 2.75) is 0 Å². The number of hydrogen-bond acceptors (Lipinski definition) is 4. The zero-order valence-corrected chi connectivity index (χ0v) is 26.9. The average molecular weight is 667 g/mol. The first-order chi connectivity index (χ1) is 28.9. The van der Waals surface area contributed by atoms with Crippen molar-refractivity contribution in [2.75, 3.05) is 0 Å². The van der Waals surface area contributed by atoms with Crippen molar-refractivity contribution in [1.82, 2.24) is 19.5 Å². The molecule has 0 unspecified atom stereocenters. The Morgan fingerprint density at radius 2 is 1.02 bits per heavy atom. The van der Waals surface area contributed by atoms with Gasteiger partial charge in [0.25, 0.3) is 0 Å². The van der Waals surface area contributed by atoms with Gasteiger partial charge in [-0.15, -0.1) is 11.3 Å². The standard InChI is InChI=1S/C45H28N4S/c1-3-13-29(14-4-1)31-17-11-19-33(27-31)43-46-44(34-20-12-18-32(28-34)30-15-5-2-6-16-30)48-45(47-43)49-38-23-9-7-21-35(38)36-25-26-40-41(42(36)49)37-22-8-10-24-39(37)50-40/h1-28H/i7D,8D,9D,10D,21D,22D,23D,24D,25D,26D. The molecule has 7 aromatic carbocycles. The van der Waals surface area contributed by atoms with E-state index >= 15 is 0 Å². The second kappa shape index (κ2) is 11.6. The van der Waals surface area contributed by atoms with E-state index in [0.29, 0.717) is 11.1 Å². The predicted molar refractivity (Wildman–Crippen MR) is 209 cm³/mol. The molecule has 0 atom stereocenters. The number of rotatable bonds is 5. The summed E-state index contributed by atoms with van der Waals surface area (Å²) in [5.41, 5.74) is 5.03. The van der Waals surface area contributed by atoms with Crippen LogP contribution in [0.5, 0.6) is 0 Å². The van der Waals surface area contributed by atoms with Crippen LogP contribution in [0, 0.1) is 0 Å². The smallest absolute Gasteiger partial charge is 0.238 e. The lowest BCUT2D eigenvalue weighted by molar-refractivity contribution is 0.955. The molecule has 0 bridgehead atoms. The number of nitrogens with zero attached hydrogens (tertiary/aromatic N) is 4. The van der Waals surface area contributed by atoms with Crippen LogP contribution >= 0.6 is 11.3 Å². The van der Waals surface area contributed by atoms with Crippen molar-refractivity contribution in [3.05, 3.63) is 170 Å². The molecule has 3 heterocycles. The number of aromatic nitrogens is 4. The van der Waals surface area contributed by atoms with Gasteiger partial charge in [0.1, 0.15) is 0 Å². The molecule has 0 saturated carbocycles. The first-order valence-corrected chi connectivity index (χ1v) is 16.7. The highest BCUT2D eigenvalue weighted by atomic mass is 32.1. The first kappa shape index (κ1) is 20.2. The van der Waals surface area contributed by atoms with E-state index in [1.54, 1.807) is 0 Å². The van der Waals surface area contributed by atoms with E-state index in [0.717, 1.165) is 33.6 Å². The monoisotopic (exact) mass is 666 g/mol. The summed E-state index contributed by atoms with van der Waals surface area (Å²) in [6.45, 7) is 0. The van der Waals surface area contributed by atoms with Gasteiger partial charge in [-0.3, -0.25) is 4.57 Å². The topological polar surface area (TPSA) is 43.6 Å². The minimum Gasteiger partial charge on any atom is -0.277 e. The van der Waals surface area contributed by atoms with E-state index in [-0.39, 0.29) is 83.7 Å². The van der Waals surface area contributed by atoms with Crippen LogP contribution in [0.2, 0.25) is 0 Å². The van der Waals surface area contributed by atoms with E-state index < -0.39 is 36.3 Å². The Morgan fingerprint density at radius 1 is 0.460 bits per heavy atom. The van der Waals surface area contributed by atoms with Gasteiger partial charge < -0.3 is 0 Å². The fourth-order valence-electron chi connectivity index (χ4n) is 6.47. The van der Waals surface area contributed by atoms with Crippen molar-refractivity contribution in [2.24, 2.45) is 0 Å². The van der Waals surface area contributed by atoms with Crippen molar-refractivity contribution in [1.29, 1.82) is 0 Å². The summed E-state index contributed by atoms with van der Waals surface area (Å²) in [5.74, 6) is 0.421. The lowest BCUT2D eigenvalue weighted by atomic mass is 10.0. The quantitative estimate of drug-likeness (QED) is 0.184. The van der Waals surface area contributed by atoms with Crippen molar-refractivity contribution in [3.63, 3.8) is 0 Å². The molecule has 5 heteroatoms. The molecule has 3 aromatic heterocycles. The van der Waals surface area contributed by atoms with Crippen LogP contribution in [0.25, 0.3) is 93.0 Å². The van der Waals surface area contributed by atoms with Gasteiger partial charge in [0.05, 0.1) is 24.7 Å².